The Labute approximate surface area is 242 Å². The number of esters is 1. The van der Waals surface area contributed by atoms with Crippen molar-refractivity contribution in [3.05, 3.63) is 83.9 Å². The number of hydrogen-bond acceptors (Lipinski definition) is 8. The van der Waals surface area contributed by atoms with E-state index >= 15 is 0 Å². The van der Waals surface area contributed by atoms with Gasteiger partial charge < -0.3 is 35.0 Å². The first-order valence-corrected chi connectivity index (χ1v) is 13.8. The molecule has 12 heteroatoms. The van der Waals surface area contributed by atoms with Crippen LogP contribution in [0.15, 0.2) is 72.8 Å². The molecule has 0 bridgehead atoms. The molecule has 2 saturated heterocycles. The third kappa shape index (κ3) is 6.60. The van der Waals surface area contributed by atoms with Crippen molar-refractivity contribution in [2.75, 3.05) is 13.1 Å². The van der Waals surface area contributed by atoms with Crippen LogP contribution in [0.25, 0.3) is 0 Å². The van der Waals surface area contributed by atoms with Gasteiger partial charge in [-0.05, 0) is 30.5 Å². The molecule has 2 aromatic rings. The standard InChI is InChI=1S/C30H32N4O8/c35-25-15-23(29(39)42-25)32-27(37)24-17-33(30(40)41-18-19-9-3-1-4-10-19)16-21-13-7-8-14-22(28(38)34(21)24)31-26(36)20-11-5-2-6-12-20/h1-12,21-24,29,39H,13-18H2,(H,31,36)(H,32,37)/b8-7-/t21-,22-,23?,24-,29?/m0/s1. The van der Waals surface area contributed by atoms with Crippen LogP contribution in [0.4, 0.5) is 4.79 Å². The Hall–Kier alpha value is -4.71. The maximum absolute atomic E-state index is 14.0. The lowest BCUT2D eigenvalue weighted by Gasteiger charge is -2.47. The number of fused-ring (bicyclic) bond motifs is 1. The van der Waals surface area contributed by atoms with E-state index in [1.807, 2.05) is 36.4 Å². The highest BCUT2D eigenvalue weighted by atomic mass is 16.6. The van der Waals surface area contributed by atoms with Crippen LogP contribution in [0.1, 0.15) is 35.2 Å². The molecule has 12 nitrogen and oxygen atoms in total. The lowest BCUT2D eigenvalue weighted by molar-refractivity contribution is -0.156. The van der Waals surface area contributed by atoms with Gasteiger partial charge in [-0.3, -0.25) is 19.2 Å². The van der Waals surface area contributed by atoms with Gasteiger partial charge in [0, 0.05) is 12.1 Å². The predicted octanol–water partition coefficient (Wildman–Crippen LogP) is 1.10. The number of nitrogens with one attached hydrogen (secondary N) is 2. The first-order valence-electron chi connectivity index (χ1n) is 13.8. The Morgan fingerprint density at radius 2 is 1.62 bits per heavy atom. The highest BCUT2D eigenvalue weighted by Crippen LogP contribution is 2.25. The van der Waals surface area contributed by atoms with Crippen LogP contribution in [0.3, 0.4) is 0 Å². The van der Waals surface area contributed by atoms with E-state index in [1.54, 1.807) is 36.4 Å². The van der Waals surface area contributed by atoms with Crippen LogP contribution >= 0.6 is 0 Å². The summed E-state index contributed by atoms with van der Waals surface area (Å²) in [5.41, 5.74) is 1.17. The summed E-state index contributed by atoms with van der Waals surface area (Å²) in [6, 6.07) is 13.8. The number of aliphatic hydroxyl groups excluding tert-OH is 1. The van der Waals surface area contributed by atoms with Gasteiger partial charge in [0.1, 0.15) is 24.7 Å². The fraction of sp³-hybridized carbons (Fsp3) is 0.367. The lowest BCUT2D eigenvalue weighted by Crippen LogP contribution is -2.68. The maximum Gasteiger partial charge on any atom is 0.410 e. The number of rotatable bonds is 6. The number of benzene rings is 2. The molecule has 3 N–H and O–H groups in total. The van der Waals surface area contributed by atoms with E-state index in [0.717, 1.165) is 5.56 Å². The number of carbonyl (C=O) groups is 5. The van der Waals surface area contributed by atoms with Crippen molar-refractivity contribution in [3.8, 4) is 0 Å². The van der Waals surface area contributed by atoms with Crippen LogP contribution in [0.2, 0.25) is 0 Å². The summed E-state index contributed by atoms with van der Waals surface area (Å²) in [6.07, 6.45) is 1.79. The van der Waals surface area contributed by atoms with Crippen LogP contribution in [0.5, 0.6) is 0 Å². The van der Waals surface area contributed by atoms with Crippen molar-refractivity contribution in [1.29, 1.82) is 0 Å². The number of aliphatic hydroxyl groups is 1. The summed E-state index contributed by atoms with van der Waals surface area (Å²) in [4.78, 5) is 68.1. The van der Waals surface area contributed by atoms with Crippen LogP contribution in [0, 0.1) is 0 Å². The van der Waals surface area contributed by atoms with E-state index in [2.05, 4.69) is 10.6 Å². The number of carbonyl (C=O) groups excluding carboxylic acids is 5. The van der Waals surface area contributed by atoms with E-state index in [-0.39, 0.29) is 32.5 Å². The Balaban J connectivity index is 1.38. The second-order valence-electron chi connectivity index (χ2n) is 10.4. The van der Waals surface area contributed by atoms with Gasteiger partial charge in [0.05, 0.1) is 19.0 Å². The monoisotopic (exact) mass is 576 g/mol. The van der Waals surface area contributed by atoms with Gasteiger partial charge in [-0.25, -0.2) is 4.79 Å². The predicted molar refractivity (Wildman–Crippen MR) is 147 cm³/mol. The molecule has 3 aliphatic heterocycles. The molecule has 0 spiro atoms. The van der Waals surface area contributed by atoms with Crippen LogP contribution in [-0.4, -0.2) is 88.2 Å². The molecule has 0 aliphatic carbocycles. The molecule has 0 aromatic heterocycles. The van der Waals surface area contributed by atoms with Gasteiger partial charge in [0.2, 0.25) is 18.1 Å². The number of amides is 4. The Kier molecular flexibility index (Phi) is 8.82. The summed E-state index contributed by atoms with van der Waals surface area (Å²) in [5.74, 6) is -2.26. The zero-order valence-electron chi connectivity index (χ0n) is 22.8. The third-order valence-corrected chi connectivity index (χ3v) is 7.47. The molecule has 3 aliphatic rings. The Morgan fingerprint density at radius 1 is 0.929 bits per heavy atom. The fourth-order valence-electron chi connectivity index (χ4n) is 5.32. The molecule has 2 unspecified atom stereocenters. The zero-order valence-corrected chi connectivity index (χ0v) is 22.8. The number of ether oxygens (including phenoxy) is 2. The van der Waals surface area contributed by atoms with E-state index in [4.69, 9.17) is 9.47 Å². The van der Waals surface area contributed by atoms with Crippen molar-refractivity contribution in [2.45, 2.75) is 56.3 Å². The first kappa shape index (κ1) is 28.8. The molecule has 42 heavy (non-hydrogen) atoms. The maximum atomic E-state index is 14.0. The normalized spacial score (nSPS) is 26.3. The molecule has 5 rings (SSSR count). The summed E-state index contributed by atoms with van der Waals surface area (Å²) in [7, 11) is 0. The molecular formula is C30H32N4O8. The summed E-state index contributed by atoms with van der Waals surface area (Å²) in [6.45, 7) is -0.0651. The van der Waals surface area contributed by atoms with Crippen molar-refractivity contribution >= 4 is 29.8 Å². The molecule has 5 atom stereocenters. The molecule has 220 valence electrons. The van der Waals surface area contributed by atoms with E-state index in [9.17, 15) is 29.1 Å². The van der Waals surface area contributed by atoms with Crippen molar-refractivity contribution in [1.82, 2.24) is 20.4 Å². The van der Waals surface area contributed by atoms with E-state index in [1.165, 1.54) is 9.80 Å². The van der Waals surface area contributed by atoms with Crippen molar-refractivity contribution in [2.24, 2.45) is 0 Å². The molecule has 3 heterocycles. The number of cyclic esters (lactones) is 1. The first-order chi connectivity index (χ1) is 20.3. The number of nitrogens with zero attached hydrogens (tertiary/aromatic N) is 2. The number of piperazine rings is 1. The summed E-state index contributed by atoms with van der Waals surface area (Å²) >= 11 is 0. The quantitative estimate of drug-likeness (QED) is 0.341. The molecular weight excluding hydrogens is 544 g/mol. The van der Waals surface area contributed by atoms with Crippen LogP contribution in [-0.2, 0) is 30.5 Å². The molecule has 0 radical (unpaired) electrons. The molecule has 0 saturated carbocycles. The second-order valence-corrected chi connectivity index (χ2v) is 10.4. The third-order valence-electron chi connectivity index (χ3n) is 7.47. The molecule has 2 aromatic carbocycles. The summed E-state index contributed by atoms with van der Waals surface area (Å²) < 4.78 is 10.3. The van der Waals surface area contributed by atoms with Crippen molar-refractivity contribution < 1.29 is 38.6 Å². The Bertz CT molecular complexity index is 1350. The fourth-order valence-corrected chi connectivity index (χ4v) is 5.32. The smallest absolute Gasteiger partial charge is 0.410 e. The average Bonchev–Trinajstić information content (AvgIpc) is 3.32. The highest BCUT2D eigenvalue weighted by molar-refractivity contribution is 5.99. The van der Waals surface area contributed by atoms with Gasteiger partial charge >= 0.3 is 12.1 Å². The summed E-state index contributed by atoms with van der Waals surface area (Å²) in [5, 5.41) is 15.4. The molecule has 4 amide bonds. The van der Waals surface area contributed by atoms with E-state index in [0.29, 0.717) is 12.0 Å². The highest BCUT2D eigenvalue weighted by Gasteiger charge is 2.46. The van der Waals surface area contributed by atoms with Gasteiger partial charge in [0.15, 0.2) is 0 Å². The topological polar surface area (TPSA) is 155 Å². The number of hydrogen-bond donors (Lipinski definition) is 3. The van der Waals surface area contributed by atoms with Gasteiger partial charge in [-0.15, -0.1) is 0 Å². The van der Waals surface area contributed by atoms with Gasteiger partial charge in [-0.2, -0.15) is 0 Å². The average molecular weight is 577 g/mol. The minimum Gasteiger partial charge on any atom is -0.445 e. The minimum atomic E-state index is -1.53. The van der Waals surface area contributed by atoms with Crippen molar-refractivity contribution in [3.63, 3.8) is 0 Å². The Morgan fingerprint density at radius 3 is 2.31 bits per heavy atom. The minimum absolute atomic E-state index is 0.0293. The second kappa shape index (κ2) is 12.9. The zero-order chi connectivity index (χ0) is 29.6. The molecule has 2 fully saturated rings. The van der Waals surface area contributed by atoms with E-state index < -0.39 is 60.2 Å². The largest absolute Gasteiger partial charge is 0.445 e. The van der Waals surface area contributed by atoms with Gasteiger partial charge in [0.25, 0.3) is 5.91 Å². The van der Waals surface area contributed by atoms with Crippen LogP contribution < -0.4 is 10.6 Å². The lowest BCUT2D eigenvalue weighted by atomic mass is 9.96. The SMILES string of the molecule is O=C1CC(NC(=O)[C@@H]2CN(C(=O)OCc3ccccc3)C[C@@H]3C/C=C\C[C@H](NC(=O)c4ccccc4)C(=O)N32)C(O)O1. The van der Waals surface area contributed by atoms with Gasteiger partial charge in [-0.1, -0.05) is 60.7 Å².